The molecule has 38 heavy (non-hydrogen) atoms. The minimum absolute atomic E-state index is 0.0376. The van der Waals surface area contributed by atoms with Crippen molar-refractivity contribution in [1.29, 1.82) is 0 Å². The van der Waals surface area contributed by atoms with Gasteiger partial charge in [0.2, 0.25) is 11.8 Å². The van der Waals surface area contributed by atoms with Gasteiger partial charge in [-0.3, -0.25) is 13.9 Å². The Morgan fingerprint density at radius 3 is 2.18 bits per heavy atom. The van der Waals surface area contributed by atoms with Crippen LogP contribution in [-0.4, -0.2) is 50.9 Å². The van der Waals surface area contributed by atoms with E-state index in [1.54, 1.807) is 73.7 Å². The molecule has 0 aliphatic heterocycles. The van der Waals surface area contributed by atoms with Crippen LogP contribution in [0.1, 0.15) is 26.3 Å². The molecule has 0 heterocycles. The number of nitrogens with zero attached hydrogens (tertiary/aromatic N) is 2. The second-order valence-electron chi connectivity index (χ2n) is 9.01. The fourth-order valence-corrected chi connectivity index (χ4v) is 5.46. The predicted molar refractivity (Wildman–Crippen MR) is 149 cm³/mol. The molecule has 1 atom stereocenters. The van der Waals surface area contributed by atoms with Crippen molar-refractivity contribution in [2.75, 3.05) is 18.0 Å². The number of ether oxygens (including phenoxy) is 1. The molecule has 10 heteroatoms. The molecule has 3 rings (SSSR count). The number of hydrogen-bond donors (Lipinski definition) is 1. The van der Waals surface area contributed by atoms with Crippen molar-refractivity contribution in [1.82, 2.24) is 10.2 Å². The Balaban J connectivity index is 2.02. The van der Waals surface area contributed by atoms with E-state index in [0.717, 1.165) is 4.31 Å². The summed E-state index contributed by atoms with van der Waals surface area (Å²) in [5.41, 5.74) is 0.988. The highest BCUT2D eigenvalue weighted by atomic mass is 35.5. The summed E-state index contributed by atoms with van der Waals surface area (Å²) in [7, 11) is -2.62. The van der Waals surface area contributed by atoms with Crippen molar-refractivity contribution < 1.29 is 22.7 Å². The molecular weight excluding hydrogens is 526 g/mol. The van der Waals surface area contributed by atoms with Crippen molar-refractivity contribution in [3.63, 3.8) is 0 Å². The fraction of sp³-hybridized carbons (Fsp3) is 0.286. The molecule has 3 aromatic rings. The zero-order valence-electron chi connectivity index (χ0n) is 21.8. The number of amides is 2. The van der Waals surface area contributed by atoms with Gasteiger partial charge in [-0.25, -0.2) is 8.42 Å². The first-order valence-corrected chi connectivity index (χ1v) is 13.9. The van der Waals surface area contributed by atoms with Gasteiger partial charge < -0.3 is 15.0 Å². The van der Waals surface area contributed by atoms with Gasteiger partial charge in [0.05, 0.1) is 17.7 Å². The molecule has 1 N–H and O–H groups in total. The Morgan fingerprint density at radius 1 is 0.947 bits per heavy atom. The zero-order valence-corrected chi connectivity index (χ0v) is 23.4. The van der Waals surface area contributed by atoms with Crippen LogP contribution >= 0.6 is 11.6 Å². The first-order valence-electron chi connectivity index (χ1n) is 12.1. The standard InChI is InChI=1S/C28H32ClN3O5S/c1-20(2)30-28(34)21(3)31(18-22-9-8-10-23(29)17-22)27(33)19-32(24-13-15-25(37-4)16-14-24)38(35,36)26-11-6-5-7-12-26/h5-17,20-21H,18-19H2,1-4H3,(H,30,34)/t21-/m1/s1. The number of methoxy groups -OCH3 is 1. The number of sulfonamides is 1. The molecule has 0 saturated carbocycles. The second kappa shape index (κ2) is 12.8. The molecule has 3 aromatic carbocycles. The van der Waals surface area contributed by atoms with Gasteiger partial charge in [-0.15, -0.1) is 0 Å². The van der Waals surface area contributed by atoms with Crippen LogP contribution in [0.5, 0.6) is 5.75 Å². The number of nitrogens with one attached hydrogen (secondary N) is 1. The zero-order chi connectivity index (χ0) is 27.9. The lowest BCUT2D eigenvalue weighted by atomic mass is 10.1. The summed E-state index contributed by atoms with van der Waals surface area (Å²) in [5.74, 6) is -0.359. The van der Waals surface area contributed by atoms with Gasteiger partial charge in [0.15, 0.2) is 0 Å². The maximum Gasteiger partial charge on any atom is 0.264 e. The highest BCUT2D eigenvalue weighted by Crippen LogP contribution is 2.26. The lowest BCUT2D eigenvalue weighted by molar-refractivity contribution is -0.139. The molecule has 0 unspecified atom stereocenters. The van der Waals surface area contributed by atoms with Crippen molar-refractivity contribution in [3.8, 4) is 5.75 Å². The third-order valence-corrected chi connectivity index (χ3v) is 7.83. The molecule has 2 amide bonds. The van der Waals surface area contributed by atoms with Crippen LogP contribution in [0.4, 0.5) is 5.69 Å². The first kappa shape index (κ1) is 29.0. The highest BCUT2D eigenvalue weighted by molar-refractivity contribution is 7.92. The Labute approximate surface area is 229 Å². The minimum atomic E-state index is -4.12. The molecule has 0 aromatic heterocycles. The summed E-state index contributed by atoms with van der Waals surface area (Å²) in [4.78, 5) is 28.2. The van der Waals surface area contributed by atoms with E-state index in [0.29, 0.717) is 16.3 Å². The Morgan fingerprint density at radius 2 is 1.61 bits per heavy atom. The van der Waals surface area contributed by atoms with Gasteiger partial charge in [0.25, 0.3) is 10.0 Å². The van der Waals surface area contributed by atoms with Crippen molar-refractivity contribution in [3.05, 3.63) is 89.4 Å². The van der Waals surface area contributed by atoms with Crippen LogP contribution in [0.3, 0.4) is 0 Å². The van der Waals surface area contributed by atoms with Gasteiger partial charge >= 0.3 is 0 Å². The molecule has 0 aliphatic carbocycles. The third-order valence-electron chi connectivity index (χ3n) is 5.81. The summed E-state index contributed by atoms with van der Waals surface area (Å²) in [6, 6.07) is 20.2. The van der Waals surface area contributed by atoms with Crippen molar-refractivity contribution >= 4 is 39.1 Å². The van der Waals surface area contributed by atoms with E-state index in [1.807, 2.05) is 13.8 Å². The normalized spacial score (nSPS) is 12.1. The number of carbonyl (C=O) groups is 2. The van der Waals surface area contributed by atoms with Gasteiger partial charge in [0.1, 0.15) is 18.3 Å². The van der Waals surface area contributed by atoms with E-state index >= 15 is 0 Å². The predicted octanol–water partition coefficient (Wildman–Crippen LogP) is 4.49. The van der Waals surface area contributed by atoms with E-state index in [4.69, 9.17) is 16.3 Å². The lowest BCUT2D eigenvalue weighted by Crippen LogP contribution is -2.52. The smallest absolute Gasteiger partial charge is 0.264 e. The molecule has 202 valence electrons. The summed E-state index contributed by atoms with van der Waals surface area (Å²) in [6.07, 6.45) is 0. The van der Waals surface area contributed by atoms with Crippen molar-refractivity contribution in [2.45, 2.75) is 44.3 Å². The highest BCUT2D eigenvalue weighted by Gasteiger charge is 2.32. The number of anilines is 1. The molecule has 0 spiro atoms. The third kappa shape index (κ3) is 7.26. The monoisotopic (exact) mass is 557 g/mol. The number of halogens is 1. The van der Waals surface area contributed by atoms with E-state index in [-0.39, 0.29) is 29.1 Å². The largest absolute Gasteiger partial charge is 0.497 e. The minimum Gasteiger partial charge on any atom is -0.497 e. The van der Waals surface area contributed by atoms with Gasteiger partial charge in [0, 0.05) is 17.6 Å². The van der Waals surface area contributed by atoms with Crippen LogP contribution in [0.15, 0.2) is 83.8 Å². The molecule has 0 fully saturated rings. The van der Waals surface area contributed by atoms with E-state index in [2.05, 4.69) is 5.32 Å². The van der Waals surface area contributed by atoms with Crippen LogP contribution < -0.4 is 14.4 Å². The van der Waals surface area contributed by atoms with Crippen LogP contribution in [0.25, 0.3) is 0 Å². The van der Waals surface area contributed by atoms with Crippen LogP contribution in [-0.2, 0) is 26.2 Å². The van der Waals surface area contributed by atoms with E-state index in [1.165, 1.54) is 24.1 Å². The lowest BCUT2D eigenvalue weighted by Gasteiger charge is -2.32. The van der Waals surface area contributed by atoms with E-state index < -0.39 is 28.5 Å². The maximum atomic E-state index is 13.8. The molecule has 8 nitrogen and oxygen atoms in total. The number of hydrogen-bond acceptors (Lipinski definition) is 5. The van der Waals surface area contributed by atoms with Gasteiger partial charge in [-0.1, -0.05) is 41.9 Å². The molecular formula is C28H32ClN3O5S. The summed E-state index contributed by atoms with van der Waals surface area (Å²) >= 11 is 6.16. The fourth-order valence-electron chi connectivity index (χ4n) is 3.82. The first-order chi connectivity index (χ1) is 18.0. The van der Waals surface area contributed by atoms with Crippen molar-refractivity contribution in [2.24, 2.45) is 0 Å². The summed E-state index contributed by atoms with van der Waals surface area (Å²) < 4.78 is 33.7. The molecule has 0 saturated heterocycles. The van der Waals surface area contributed by atoms with Gasteiger partial charge in [-0.05, 0) is 74.9 Å². The number of benzene rings is 3. The summed E-state index contributed by atoms with van der Waals surface area (Å²) in [5, 5.41) is 3.31. The van der Waals surface area contributed by atoms with E-state index in [9.17, 15) is 18.0 Å². The quantitative estimate of drug-likeness (QED) is 0.375. The van der Waals surface area contributed by atoms with Crippen LogP contribution in [0.2, 0.25) is 5.02 Å². The molecule has 0 aliphatic rings. The SMILES string of the molecule is COc1ccc(N(CC(=O)N(Cc2cccc(Cl)c2)[C@H](C)C(=O)NC(C)C)S(=O)(=O)c2ccccc2)cc1. The molecule has 0 radical (unpaired) electrons. The number of carbonyl (C=O) groups excluding carboxylic acids is 2. The Hall–Kier alpha value is -3.56. The van der Waals surface area contributed by atoms with Gasteiger partial charge in [-0.2, -0.15) is 0 Å². The summed E-state index contributed by atoms with van der Waals surface area (Å²) in [6.45, 7) is 4.80. The average molecular weight is 558 g/mol. The molecule has 0 bridgehead atoms. The van der Waals surface area contributed by atoms with Crippen LogP contribution in [0, 0.1) is 0 Å². The Bertz CT molecular complexity index is 1350. The number of rotatable bonds is 11. The average Bonchev–Trinajstić information content (AvgIpc) is 2.90. The maximum absolute atomic E-state index is 13.8. The Kier molecular flexibility index (Phi) is 9.77. The topological polar surface area (TPSA) is 96.0 Å². The second-order valence-corrected chi connectivity index (χ2v) is 11.3.